The lowest BCUT2D eigenvalue weighted by atomic mass is 9.91. The maximum Gasteiger partial charge on any atom is 0.324 e. The van der Waals surface area contributed by atoms with Crippen molar-refractivity contribution in [1.29, 1.82) is 0 Å². The highest BCUT2D eigenvalue weighted by Gasteiger charge is 2.50. The van der Waals surface area contributed by atoms with Gasteiger partial charge in [-0.2, -0.15) is 9.97 Å². The number of amides is 5. The molecule has 1 saturated carbocycles. The molecular formula is C39H42N10O6. The number of hydrogen-bond acceptors (Lipinski definition) is 11. The molecule has 5 aromatic rings. The Morgan fingerprint density at radius 2 is 1.65 bits per heavy atom. The minimum absolute atomic E-state index is 0.0339. The van der Waals surface area contributed by atoms with Gasteiger partial charge in [0.05, 0.1) is 25.0 Å². The highest BCUT2D eigenvalue weighted by molar-refractivity contribution is 6.02. The van der Waals surface area contributed by atoms with Gasteiger partial charge in [-0.25, -0.2) is 14.6 Å². The van der Waals surface area contributed by atoms with E-state index >= 15 is 0 Å². The molecule has 7 N–H and O–H groups in total. The number of benzene rings is 3. The molecule has 1 aliphatic carbocycles. The first-order valence-corrected chi connectivity index (χ1v) is 18.3. The zero-order valence-electron chi connectivity index (χ0n) is 29.8. The van der Waals surface area contributed by atoms with Gasteiger partial charge >= 0.3 is 12.1 Å². The fraction of sp³-hybridized carbons (Fsp3) is 0.333. The van der Waals surface area contributed by atoms with Crippen LogP contribution in [0.4, 0.5) is 21.4 Å². The summed E-state index contributed by atoms with van der Waals surface area (Å²) < 4.78 is 1.69. The molecule has 55 heavy (non-hydrogen) atoms. The van der Waals surface area contributed by atoms with Crippen molar-refractivity contribution < 1.29 is 29.7 Å². The molecule has 3 fully saturated rings. The van der Waals surface area contributed by atoms with E-state index in [1.165, 1.54) is 0 Å². The molecular weight excluding hydrogens is 704 g/mol. The summed E-state index contributed by atoms with van der Waals surface area (Å²) in [5.41, 5.74) is 3.84. The number of carbonyl (C=O) groups excluding carboxylic acids is 3. The van der Waals surface area contributed by atoms with E-state index in [0.717, 1.165) is 21.6 Å². The lowest BCUT2D eigenvalue weighted by molar-refractivity contribution is -0.128. The van der Waals surface area contributed by atoms with Gasteiger partial charge in [-0.1, -0.05) is 72.8 Å². The van der Waals surface area contributed by atoms with Gasteiger partial charge in [0.25, 0.3) is 0 Å². The molecule has 5 atom stereocenters. The van der Waals surface area contributed by atoms with Crippen molar-refractivity contribution in [3.05, 3.63) is 108 Å². The van der Waals surface area contributed by atoms with Crippen molar-refractivity contribution in [2.45, 2.75) is 55.6 Å². The van der Waals surface area contributed by atoms with Crippen LogP contribution in [0.25, 0.3) is 11.2 Å². The van der Waals surface area contributed by atoms with Gasteiger partial charge in [0.2, 0.25) is 11.9 Å². The second kappa shape index (κ2) is 15.2. The van der Waals surface area contributed by atoms with Crippen molar-refractivity contribution >= 4 is 40.9 Å². The number of fused-ring (bicyclic) bond motifs is 1. The third kappa shape index (κ3) is 7.33. The van der Waals surface area contributed by atoms with Crippen LogP contribution in [0.2, 0.25) is 0 Å². The first-order chi connectivity index (χ1) is 26.7. The number of aliphatic hydroxyl groups is 2. The summed E-state index contributed by atoms with van der Waals surface area (Å²) in [5.74, 6) is 0.477. The van der Waals surface area contributed by atoms with Crippen molar-refractivity contribution in [2.75, 3.05) is 36.4 Å². The number of aromatic nitrogens is 4. The van der Waals surface area contributed by atoms with Crippen molar-refractivity contribution in [1.82, 2.24) is 40.4 Å². The summed E-state index contributed by atoms with van der Waals surface area (Å²) in [7, 11) is 0. The molecule has 8 rings (SSSR count). The molecule has 2 saturated heterocycles. The number of anilines is 2. The number of imidazole rings is 1. The van der Waals surface area contributed by atoms with Crippen LogP contribution in [-0.4, -0.2) is 108 Å². The number of phenolic OH excluding ortho intramolecular Hbond substituents is 1. The summed E-state index contributed by atoms with van der Waals surface area (Å²) in [4.78, 5) is 55.5. The quantitative estimate of drug-likeness (QED) is 0.0977. The number of rotatable bonds is 11. The zero-order valence-corrected chi connectivity index (χ0v) is 29.8. The van der Waals surface area contributed by atoms with Crippen LogP contribution in [0.3, 0.4) is 0 Å². The average Bonchev–Trinajstić information content (AvgIpc) is 3.98. The molecule has 5 amide bonds. The fourth-order valence-corrected chi connectivity index (χ4v) is 7.84. The van der Waals surface area contributed by atoms with Gasteiger partial charge in [-0.05, 0) is 41.7 Å². The van der Waals surface area contributed by atoms with Gasteiger partial charge in [-0.3, -0.25) is 9.69 Å². The summed E-state index contributed by atoms with van der Waals surface area (Å²) in [6, 6.07) is 24.2. The van der Waals surface area contributed by atoms with E-state index in [9.17, 15) is 29.7 Å². The Labute approximate surface area is 316 Å². The predicted octanol–water partition coefficient (Wildman–Crippen LogP) is 2.44. The number of phenols is 1. The SMILES string of the molecule is O=C(NCc1cccc(O)c1)NC1CCN(c2nc(NCC(c3ccccc3)c3ccccc3)c3ncn([C@@H]4C[C@H](N5C(=O)CNC5=O)[C@@H](O)[C@H]4O)c3n2)C1. The van der Waals surface area contributed by atoms with Crippen LogP contribution < -0.4 is 26.2 Å². The molecule has 16 nitrogen and oxygen atoms in total. The Morgan fingerprint density at radius 3 is 2.35 bits per heavy atom. The van der Waals surface area contributed by atoms with Crippen LogP contribution in [-0.2, 0) is 11.3 Å². The topological polar surface area (TPSA) is 210 Å². The summed E-state index contributed by atoms with van der Waals surface area (Å²) >= 11 is 0. The van der Waals surface area contributed by atoms with E-state index in [2.05, 4.69) is 45.5 Å². The average molecular weight is 747 g/mol. The number of carbonyl (C=O) groups is 3. The van der Waals surface area contributed by atoms with E-state index in [-0.39, 0.29) is 43.3 Å². The van der Waals surface area contributed by atoms with Crippen molar-refractivity contribution in [3.63, 3.8) is 0 Å². The molecule has 2 aliphatic heterocycles. The maximum atomic E-state index is 12.8. The largest absolute Gasteiger partial charge is 0.508 e. The molecule has 2 aromatic heterocycles. The van der Waals surface area contributed by atoms with E-state index in [4.69, 9.17) is 15.0 Å². The fourth-order valence-electron chi connectivity index (χ4n) is 7.84. The smallest absolute Gasteiger partial charge is 0.324 e. The second-order valence-corrected chi connectivity index (χ2v) is 14.2. The number of imide groups is 1. The molecule has 1 unspecified atom stereocenters. The number of hydrogen-bond donors (Lipinski definition) is 7. The lowest BCUT2D eigenvalue weighted by Crippen LogP contribution is -2.46. The van der Waals surface area contributed by atoms with E-state index in [1.807, 2.05) is 47.4 Å². The molecule has 0 spiro atoms. The summed E-state index contributed by atoms with van der Waals surface area (Å²) in [5, 5.41) is 44.1. The van der Waals surface area contributed by atoms with Gasteiger partial charge < -0.3 is 46.1 Å². The Morgan fingerprint density at radius 1 is 0.927 bits per heavy atom. The normalized spacial score (nSPS) is 22.4. The van der Waals surface area contributed by atoms with Crippen LogP contribution in [0.5, 0.6) is 5.75 Å². The van der Waals surface area contributed by atoms with Crippen LogP contribution >= 0.6 is 0 Å². The third-order valence-corrected chi connectivity index (χ3v) is 10.6. The monoisotopic (exact) mass is 746 g/mol. The highest BCUT2D eigenvalue weighted by atomic mass is 16.3. The Bertz CT molecular complexity index is 2130. The van der Waals surface area contributed by atoms with Crippen molar-refractivity contribution in [3.8, 4) is 5.75 Å². The van der Waals surface area contributed by atoms with Crippen molar-refractivity contribution in [2.24, 2.45) is 0 Å². The highest BCUT2D eigenvalue weighted by Crippen LogP contribution is 2.38. The molecule has 3 aromatic carbocycles. The molecule has 3 aliphatic rings. The zero-order chi connectivity index (χ0) is 38.1. The molecule has 0 radical (unpaired) electrons. The van der Waals surface area contributed by atoms with Gasteiger partial charge in [-0.15, -0.1) is 0 Å². The molecule has 4 heterocycles. The number of urea groups is 2. The number of nitrogens with one attached hydrogen (secondary N) is 4. The van der Waals surface area contributed by atoms with Crippen LogP contribution in [0, 0.1) is 0 Å². The minimum Gasteiger partial charge on any atom is -0.508 e. The van der Waals surface area contributed by atoms with Gasteiger partial charge in [0, 0.05) is 38.1 Å². The lowest BCUT2D eigenvalue weighted by Gasteiger charge is -2.23. The summed E-state index contributed by atoms with van der Waals surface area (Å²) in [6.45, 7) is 1.53. The molecule has 284 valence electrons. The number of aromatic hydroxyl groups is 1. The van der Waals surface area contributed by atoms with Gasteiger partial charge in [0.1, 0.15) is 18.0 Å². The van der Waals surface area contributed by atoms with Gasteiger partial charge in [0.15, 0.2) is 17.0 Å². The molecule has 16 heteroatoms. The number of nitrogens with zero attached hydrogens (tertiary/aromatic N) is 6. The van der Waals surface area contributed by atoms with Crippen LogP contribution in [0.1, 0.15) is 41.5 Å². The molecule has 0 bridgehead atoms. The Balaban J connectivity index is 1.08. The van der Waals surface area contributed by atoms with E-state index in [1.54, 1.807) is 29.1 Å². The van der Waals surface area contributed by atoms with E-state index < -0.39 is 36.2 Å². The maximum absolute atomic E-state index is 12.8. The van der Waals surface area contributed by atoms with Crippen LogP contribution in [0.15, 0.2) is 91.3 Å². The second-order valence-electron chi connectivity index (χ2n) is 14.2. The first kappa shape index (κ1) is 35.8. The summed E-state index contributed by atoms with van der Waals surface area (Å²) in [6.07, 6.45) is -0.436. The van der Waals surface area contributed by atoms with E-state index in [0.29, 0.717) is 49.0 Å². The predicted molar refractivity (Wildman–Crippen MR) is 202 cm³/mol. The third-order valence-electron chi connectivity index (χ3n) is 10.6. The standard InChI is InChI=1S/C39H42N10O6/c50-27-13-7-8-23(16-27)18-41-38(54)44-26-14-15-47(21-26)37-45-35(40-19-28(24-9-3-1-4-10-24)25-11-5-2-6-12-25)32-36(46-37)48(22-43-32)29-17-30(34(53)33(29)52)49-31(51)20-42-39(49)55/h1-13,16,22,26,28-30,33-34,50,52-53H,14-15,17-21H2,(H,42,55)(H,40,45,46)(H2,41,44,54)/t26?,29-,30+,33+,34-/m1/s1. The minimum atomic E-state index is -1.38. The number of aliphatic hydroxyl groups excluding tert-OH is 2. The Kier molecular flexibility index (Phi) is 9.90. The first-order valence-electron chi connectivity index (χ1n) is 18.3. The Hall–Kier alpha value is -6.26.